The smallest absolute Gasteiger partial charge is 0.358 e. The van der Waals surface area contributed by atoms with Gasteiger partial charge in [0.1, 0.15) is 17.4 Å². The van der Waals surface area contributed by atoms with Gasteiger partial charge in [-0.3, -0.25) is 0 Å². The van der Waals surface area contributed by atoms with Gasteiger partial charge in [-0.05, 0) is 12.1 Å². The first kappa shape index (κ1) is 15.4. The molecule has 0 unspecified atom stereocenters. The van der Waals surface area contributed by atoms with Crippen molar-refractivity contribution in [3.05, 3.63) is 46.2 Å². The lowest BCUT2D eigenvalue weighted by atomic mass is 10.2. The molecule has 0 saturated heterocycles. The number of carboxylic acids is 1. The van der Waals surface area contributed by atoms with Gasteiger partial charge in [0.05, 0.1) is 6.20 Å². The zero-order valence-electron chi connectivity index (χ0n) is 11.3. The fraction of sp³-hybridized carbons (Fsp3) is 0.214. The molecule has 0 aliphatic rings. The molecular formula is C14H12BrFN2O3. The van der Waals surface area contributed by atoms with Crippen LogP contribution in [0.5, 0.6) is 11.5 Å². The molecule has 0 amide bonds. The van der Waals surface area contributed by atoms with E-state index in [2.05, 4.69) is 25.9 Å². The average Bonchev–Trinajstić information content (AvgIpc) is 2.37. The van der Waals surface area contributed by atoms with Crippen LogP contribution < -0.4 is 4.74 Å². The third kappa shape index (κ3) is 3.75. The summed E-state index contributed by atoms with van der Waals surface area (Å²) in [6, 6.07) is 3.93. The van der Waals surface area contributed by atoms with Crippen molar-refractivity contribution in [2.75, 3.05) is 0 Å². The van der Waals surface area contributed by atoms with Crippen molar-refractivity contribution < 1.29 is 19.0 Å². The molecule has 5 nitrogen and oxygen atoms in total. The molecule has 0 saturated carbocycles. The SMILES string of the molecule is CC(C)c1ncc(Oc2cc(F)cc(Br)c2)c(C(=O)O)n1. The molecule has 0 radical (unpaired) electrons. The van der Waals surface area contributed by atoms with Gasteiger partial charge in [-0.2, -0.15) is 0 Å². The zero-order chi connectivity index (χ0) is 15.6. The van der Waals surface area contributed by atoms with Gasteiger partial charge in [0.2, 0.25) is 0 Å². The highest BCUT2D eigenvalue weighted by Crippen LogP contribution is 2.28. The highest BCUT2D eigenvalue weighted by molar-refractivity contribution is 9.10. The third-order valence-electron chi connectivity index (χ3n) is 2.56. The van der Waals surface area contributed by atoms with Gasteiger partial charge >= 0.3 is 5.97 Å². The van der Waals surface area contributed by atoms with E-state index in [1.165, 1.54) is 18.3 Å². The summed E-state index contributed by atoms with van der Waals surface area (Å²) in [5, 5.41) is 9.21. The Bertz CT molecular complexity index is 672. The minimum atomic E-state index is -1.23. The van der Waals surface area contributed by atoms with Crippen molar-refractivity contribution in [3.8, 4) is 11.5 Å². The fourth-order valence-corrected chi connectivity index (χ4v) is 2.05. The van der Waals surface area contributed by atoms with E-state index < -0.39 is 11.8 Å². The second kappa shape index (κ2) is 6.17. The molecule has 1 heterocycles. The minimum absolute atomic E-state index is 0.0135. The first-order chi connectivity index (χ1) is 9.86. The van der Waals surface area contributed by atoms with Crippen LogP contribution in [-0.4, -0.2) is 21.0 Å². The highest BCUT2D eigenvalue weighted by Gasteiger charge is 2.17. The van der Waals surface area contributed by atoms with E-state index in [9.17, 15) is 14.3 Å². The zero-order valence-corrected chi connectivity index (χ0v) is 12.9. The van der Waals surface area contributed by atoms with Gasteiger partial charge < -0.3 is 9.84 Å². The van der Waals surface area contributed by atoms with Gasteiger partial charge in [0.25, 0.3) is 0 Å². The molecule has 0 bridgehead atoms. The number of hydrogen-bond donors (Lipinski definition) is 1. The Hall–Kier alpha value is -2.02. The second-order valence-electron chi connectivity index (χ2n) is 4.61. The molecule has 0 aliphatic carbocycles. The molecular weight excluding hydrogens is 343 g/mol. The van der Waals surface area contributed by atoms with Gasteiger partial charge in [0.15, 0.2) is 11.4 Å². The number of aromatic nitrogens is 2. The molecule has 0 aliphatic heterocycles. The number of carbonyl (C=O) groups is 1. The van der Waals surface area contributed by atoms with E-state index in [0.29, 0.717) is 10.3 Å². The number of carboxylic acid groups (broad SMARTS) is 1. The van der Waals surface area contributed by atoms with Gasteiger partial charge in [0, 0.05) is 16.5 Å². The number of rotatable bonds is 4. The number of ether oxygens (including phenoxy) is 1. The Morgan fingerprint density at radius 1 is 1.38 bits per heavy atom. The Morgan fingerprint density at radius 3 is 2.67 bits per heavy atom. The lowest BCUT2D eigenvalue weighted by Crippen LogP contribution is -2.08. The second-order valence-corrected chi connectivity index (χ2v) is 5.52. The molecule has 0 fully saturated rings. The van der Waals surface area contributed by atoms with E-state index in [1.54, 1.807) is 0 Å². The summed E-state index contributed by atoms with van der Waals surface area (Å²) in [6.07, 6.45) is 1.28. The number of nitrogens with zero attached hydrogens (tertiary/aromatic N) is 2. The van der Waals surface area contributed by atoms with Crippen molar-refractivity contribution in [1.82, 2.24) is 9.97 Å². The normalized spacial score (nSPS) is 10.7. The van der Waals surface area contributed by atoms with Crippen LogP contribution in [0, 0.1) is 5.82 Å². The summed E-state index contributed by atoms with van der Waals surface area (Å²) in [7, 11) is 0. The molecule has 21 heavy (non-hydrogen) atoms. The van der Waals surface area contributed by atoms with Gasteiger partial charge in [-0.25, -0.2) is 19.2 Å². The first-order valence-corrected chi connectivity index (χ1v) is 6.90. The van der Waals surface area contributed by atoms with Crippen LogP contribution in [0.3, 0.4) is 0 Å². The number of benzene rings is 1. The van der Waals surface area contributed by atoms with E-state index in [1.807, 2.05) is 13.8 Å². The van der Waals surface area contributed by atoms with E-state index >= 15 is 0 Å². The molecule has 1 aromatic heterocycles. The minimum Gasteiger partial charge on any atom is -0.476 e. The molecule has 2 aromatic rings. The lowest BCUT2D eigenvalue weighted by molar-refractivity contribution is 0.0686. The summed E-state index contributed by atoms with van der Waals surface area (Å²) in [4.78, 5) is 19.3. The van der Waals surface area contributed by atoms with Crippen LogP contribution in [0.25, 0.3) is 0 Å². The van der Waals surface area contributed by atoms with E-state index in [-0.39, 0.29) is 23.1 Å². The standard InChI is InChI=1S/C14H12BrFN2O3/c1-7(2)13-17-6-11(12(18-13)14(19)20)21-10-4-8(15)3-9(16)5-10/h3-7H,1-2H3,(H,19,20). The van der Waals surface area contributed by atoms with Gasteiger partial charge in [-0.15, -0.1) is 0 Å². The van der Waals surface area contributed by atoms with Crippen molar-refractivity contribution in [2.45, 2.75) is 19.8 Å². The highest BCUT2D eigenvalue weighted by atomic mass is 79.9. The number of hydrogen-bond acceptors (Lipinski definition) is 4. The summed E-state index contributed by atoms with van der Waals surface area (Å²) in [6.45, 7) is 3.70. The Labute approximate surface area is 128 Å². The molecule has 0 spiro atoms. The van der Waals surface area contributed by atoms with Crippen molar-refractivity contribution in [1.29, 1.82) is 0 Å². The van der Waals surface area contributed by atoms with Crippen LogP contribution in [-0.2, 0) is 0 Å². The topological polar surface area (TPSA) is 72.3 Å². The maximum Gasteiger partial charge on any atom is 0.358 e. The molecule has 0 atom stereocenters. The Morgan fingerprint density at radius 2 is 2.10 bits per heavy atom. The summed E-state index contributed by atoms with van der Waals surface area (Å²) in [5.74, 6) is -1.23. The molecule has 110 valence electrons. The van der Waals surface area contributed by atoms with E-state index in [0.717, 1.165) is 6.07 Å². The van der Waals surface area contributed by atoms with Crippen LogP contribution in [0.2, 0.25) is 0 Å². The molecule has 1 N–H and O–H groups in total. The predicted octanol–water partition coefficient (Wildman–Crippen LogP) is 3.99. The van der Waals surface area contributed by atoms with Crippen molar-refractivity contribution >= 4 is 21.9 Å². The fourth-order valence-electron chi connectivity index (χ4n) is 1.60. The first-order valence-electron chi connectivity index (χ1n) is 6.11. The van der Waals surface area contributed by atoms with Crippen LogP contribution >= 0.6 is 15.9 Å². The summed E-state index contributed by atoms with van der Waals surface area (Å²) in [5.41, 5.74) is -0.255. The van der Waals surface area contributed by atoms with Crippen molar-refractivity contribution in [3.63, 3.8) is 0 Å². The lowest BCUT2D eigenvalue weighted by Gasteiger charge is -2.10. The Balaban J connectivity index is 2.41. The average molecular weight is 355 g/mol. The monoisotopic (exact) mass is 354 g/mol. The molecule has 1 aromatic carbocycles. The van der Waals surface area contributed by atoms with Crippen LogP contribution in [0.4, 0.5) is 4.39 Å². The summed E-state index contributed by atoms with van der Waals surface area (Å²) < 4.78 is 19.2. The van der Waals surface area contributed by atoms with Crippen molar-refractivity contribution in [2.24, 2.45) is 0 Å². The van der Waals surface area contributed by atoms with E-state index in [4.69, 9.17) is 4.74 Å². The Kier molecular flexibility index (Phi) is 4.52. The largest absolute Gasteiger partial charge is 0.476 e. The maximum atomic E-state index is 13.3. The molecule has 2 rings (SSSR count). The number of halogens is 2. The van der Waals surface area contributed by atoms with Crippen LogP contribution in [0.1, 0.15) is 36.1 Å². The predicted molar refractivity (Wildman–Crippen MR) is 77.3 cm³/mol. The number of aromatic carboxylic acids is 1. The molecule has 7 heteroatoms. The third-order valence-corrected chi connectivity index (χ3v) is 3.01. The quantitative estimate of drug-likeness (QED) is 0.898. The maximum absolute atomic E-state index is 13.3. The van der Waals surface area contributed by atoms with Gasteiger partial charge in [-0.1, -0.05) is 29.8 Å². The van der Waals surface area contributed by atoms with Crippen LogP contribution in [0.15, 0.2) is 28.9 Å². The summed E-state index contributed by atoms with van der Waals surface area (Å²) >= 11 is 3.14.